The zero-order chi connectivity index (χ0) is 15.5. The Labute approximate surface area is 127 Å². The minimum atomic E-state index is -2.98. The first-order chi connectivity index (χ1) is 9.87. The average molecular weight is 318 g/mol. The fraction of sp³-hybridized carbons (Fsp3) is 0.929. The molecule has 0 aliphatic carbocycles. The van der Waals surface area contributed by atoms with Gasteiger partial charge in [-0.15, -0.1) is 0 Å². The predicted octanol–water partition coefficient (Wildman–Crippen LogP) is -0.00970. The zero-order valence-electron chi connectivity index (χ0n) is 13.0. The van der Waals surface area contributed by atoms with Gasteiger partial charge in [0.15, 0.2) is 9.84 Å². The quantitative estimate of drug-likeness (QED) is 0.713. The lowest BCUT2D eigenvalue weighted by atomic mass is 10.1. The Morgan fingerprint density at radius 1 is 1.24 bits per heavy atom. The van der Waals surface area contributed by atoms with Crippen LogP contribution in [0.2, 0.25) is 0 Å². The molecular weight excluding hydrogens is 292 g/mol. The highest BCUT2D eigenvalue weighted by molar-refractivity contribution is 7.91. The highest BCUT2D eigenvalue weighted by atomic mass is 32.2. The van der Waals surface area contributed by atoms with Gasteiger partial charge < -0.3 is 9.64 Å². The van der Waals surface area contributed by atoms with Crippen molar-refractivity contribution in [2.75, 3.05) is 50.8 Å². The summed E-state index contributed by atoms with van der Waals surface area (Å²) in [5.74, 6) is -0.0931. The highest BCUT2D eigenvalue weighted by Gasteiger charge is 2.36. The van der Waals surface area contributed by atoms with E-state index in [1.54, 1.807) is 0 Å². The van der Waals surface area contributed by atoms with Gasteiger partial charge in [-0.05, 0) is 20.3 Å². The number of ether oxygens (including phenoxy) is 1. The first-order valence-electron chi connectivity index (χ1n) is 7.70. The van der Waals surface area contributed by atoms with Crippen molar-refractivity contribution in [1.82, 2.24) is 9.80 Å². The summed E-state index contributed by atoms with van der Waals surface area (Å²) in [6.45, 7) is 8.70. The van der Waals surface area contributed by atoms with Gasteiger partial charge in [0.1, 0.15) is 0 Å². The molecule has 0 spiro atoms. The number of carbonyl (C=O) groups excluding carboxylic acids is 1. The van der Waals surface area contributed by atoms with Gasteiger partial charge in [-0.2, -0.15) is 0 Å². The van der Waals surface area contributed by atoms with Gasteiger partial charge >= 0.3 is 0 Å². The number of rotatable bonds is 5. The molecule has 2 aliphatic rings. The van der Waals surface area contributed by atoms with Gasteiger partial charge in [0.05, 0.1) is 30.1 Å². The molecule has 2 fully saturated rings. The van der Waals surface area contributed by atoms with E-state index in [-0.39, 0.29) is 29.4 Å². The first-order valence-corrected chi connectivity index (χ1v) is 9.53. The minimum absolute atomic E-state index is 0.0224. The number of amides is 1. The topological polar surface area (TPSA) is 66.9 Å². The van der Waals surface area contributed by atoms with Crippen molar-refractivity contribution in [3.8, 4) is 0 Å². The largest absolute Gasteiger partial charge is 0.377 e. The van der Waals surface area contributed by atoms with Crippen LogP contribution < -0.4 is 0 Å². The molecule has 0 saturated carbocycles. The monoisotopic (exact) mass is 318 g/mol. The molecule has 6 nitrogen and oxygen atoms in total. The van der Waals surface area contributed by atoms with E-state index in [4.69, 9.17) is 4.74 Å². The van der Waals surface area contributed by atoms with Crippen molar-refractivity contribution in [3.63, 3.8) is 0 Å². The van der Waals surface area contributed by atoms with Crippen LogP contribution in [0.5, 0.6) is 0 Å². The Kier molecular flexibility index (Phi) is 5.62. The average Bonchev–Trinajstić information content (AvgIpc) is 2.79. The van der Waals surface area contributed by atoms with Gasteiger partial charge in [-0.3, -0.25) is 9.69 Å². The Morgan fingerprint density at radius 2 is 1.90 bits per heavy atom. The maximum atomic E-state index is 12.3. The van der Waals surface area contributed by atoms with E-state index in [2.05, 4.69) is 4.90 Å². The number of sulfone groups is 1. The lowest BCUT2D eigenvalue weighted by Crippen LogP contribution is -2.51. The van der Waals surface area contributed by atoms with E-state index in [1.807, 2.05) is 18.7 Å². The van der Waals surface area contributed by atoms with Crippen molar-refractivity contribution in [1.29, 1.82) is 0 Å². The Balaban J connectivity index is 1.72. The summed E-state index contributed by atoms with van der Waals surface area (Å²) < 4.78 is 28.5. The molecular formula is C14H26N2O4S. The third-order valence-corrected chi connectivity index (χ3v) is 5.89. The molecule has 122 valence electrons. The highest BCUT2D eigenvalue weighted by Crippen LogP contribution is 2.21. The van der Waals surface area contributed by atoms with Gasteiger partial charge in [0.25, 0.3) is 0 Å². The van der Waals surface area contributed by atoms with Crippen LogP contribution in [0.15, 0.2) is 0 Å². The second kappa shape index (κ2) is 7.07. The number of carbonyl (C=O) groups is 1. The van der Waals surface area contributed by atoms with E-state index in [0.29, 0.717) is 26.1 Å². The minimum Gasteiger partial charge on any atom is -0.377 e. The van der Waals surface area contributed by atoms with E-state index >= 15 is 0 Å². The van der Waals surface area contributed by atoms with Crippen LogP contribution in [0.1, 0.15) is 20.3 Å². The predicted molar refractivity (Wildman–Crippen MR) is 80.9 cm³/mol. The lowest BCUT2D eigenvalue weighted by Gasteiger charge is -2.35. The fourth-order valence-corrected chi connectivity index (χ4v) is 4.59. The molecule has 0 aromatic heterocycles. The van der Waals surface area contributed by atoms with Crippen LogP contribution in [-0.2, 0) is 19.4 Å². The first kappa shape index (κ1) is 16.7. The van der Waals surface area contributed by atoms with Gasteiger partial charge in [-0.1, -0.05) is 0 Å². The molecule has 0 N–H and O–H groups in total. The summed E-state index contributed by atoms with van der Waals surface area (Å²) in [6.07, 6.45) is 0.737. The molecule has 2 aliphatic heterocycles. The summed E-state index contributed by atoms with van der Waals surface area (Å²) in [7, 11) is -2.98. The molecule has 7 heteroatoms. The van der Waals surface area contributed by atoms with Gasteiger partial charge in [0.2, 0.25) is 5.91 Å². The maximum absolute atomic E-state index is 12.3. The van der Waals surface area contributed by atoms with Crippen molar-refractivity contribution >= 4 is 15.7 Å². The Hall–Kier alpha value is -0.660. The summed E-state index contributed by atoms with van der Waals surface area (Å²) in [5, 5.41) is 0. The third-order valence-electron chi connectivity index (χ3n) is 4.12. The second-order valence-electron chi connectivity index (χ2n) is 6.19. The summed E-state index contributed by atoms with van der Waals surface area (Å²) in [6, 6.07) is 0. The van der Waals surface area contributed by atoms with Crippen molar-refractivity contribution < 1.29 is 17.9 Å². The summed E-state index contributed by atoms with van der Waals surface area (Å²) in [5.41, 5.74) is 0. The molecule has 0 radical (unpaired) electrons. The summed E-state index contributed by atoms with van der Waals surface area (Å²) in [4.78, 5) is 16.4. The normalized spacial score (nSPS) is 26.4. The molecule has 0 aromatic carbocycles. The van der Waals surface area contributed by atoms with Crippen LogP contribution in [0.25, 0.3) is 0 Å². The molecule has 0 unspecified atom stereocenters. The van der Waals surface area contributed by atoms with Crippen molar-refractivity contribution in [2.45, 2.75) is 26.4 Å². The van der Waals surface area contributed by atoms with Crippen LogP contribution in [0, 0.1) is 5.92 Å². The van der Waals surface area contributed by atoms with Gasteiger partial charge in [0, 0.05) is 32.7 Å². The van der Waals surface area contributed by atoms with Crippen LogP contribution in [0.4, 0.5) is 0 Å². The molecule has 2 saturated heterocycles. The molecule has 21 heavy (non-hydrogen) atoms. The van der Waals surface area contributed by atoms with Crippen LogP contribution in [-0.4, -0.2) is 81.1 Å². The van der Waals surface area contributed by atoms with Crippen LogP contribution >= 0.6 is 0 Å². The Bertz CT molecular complexity index is 456. The zero-order valence-corrected chi connectivity index (χ0v) is 13.8. The van der Waals surface area contributed by atoms with Gasteiger partial charge in [-0.25, -0.2) is 8.42 Å². The molecule has 0 aromatic rings. The number of piperazine rings is 1. The molecule has 0 bridgehead atoms. The summed E-state index contributed by atoms with van der Waals surface area (Å²) >= 11 is 0. The maximum Gasteiger partial charge on any atom is 0.226 e. The molecule has 2 heterocycles. The Morgan fingerprint density at radius 3 is 2.43 bits per heavy atom. The number of hydrogen-bond donors (Lipinski definition) is 0. The second-order valence-corrected chi connectivity index (χ2v) is 8.42. The van der Waals surface area contributed by atoms with Crippen molar-refractivity contribution in [2.24, 2.45) is 5.92 Å². The third kappa shape index (κ3) is 4.93. The molecule has 1 atom stereocenters. The fourth-order valence-electron chi connectivity index (χ4n) is 2.86. The lowest BCUT2D eigenvalue weighted by molar-refractivity contribution is -0.136. The number of hydrogen-bond acceptors (Lipinski definition) is 5. The van der Waals surface area contributed by atoms with E-state index in [1.165, 1.54) is 0 Å². The van der Waals surface area contributed by atoms with E-state index in [9.17, 15) is 13.2 Å². The SMILES string of the molecule is CC(C)OCCN1CCN(C(=O)[C@@H]2CCS(=O)(=O)C2)CC1. The smallest absolute Gasteiger partial charge is 0.226 e. The van der Waals surface area contributed by atoms with Crippen molar-refractivity contribution in [3.05, 3.63) is 0 Å². The molecule has 2 rings (SSSR count). The standard InChI is InChI=1S/C14H26N2O4S/c1-12(2)20-9-8-15-4-6-16(7-5-15)14(17)13-3-10-21(18,19)11-13/h12-13H,3-11H2,1-2H3/t13-/m1/s1. The van der Waals surface area contributed by atoms with Crippen LogP contribution in [0.3, 0.4) is 0 Å². The number of nitrogens with zero attached hydrogens (tertiary/aromatic N) is 2. The molecule has 1 amide bonds. The van der Waals surface area contributed by atoms with E-state index < -0.39 is 9.84 Å². The van der Waals surface area contributed by atoms with E-state index in [0.717, 1.165) is 19.6 Å².